The molecular formula is C17H19N3O4. The summed E-state index contributed by atoms with van der Waals surface area (Å²) >= 11 is 0. The molecule has 7 nitrogen and oxygen atoms in total. The standard InChI is InChI=1S/C17H19N3O4/c1-18-4-6-19(7-5-18)13-3-2-11-14-16(13)24-9-8-20(14)10-12(15(11)21)17(22)23/h2-3,10H,4-9H2,1H3,(H,22,23). The lowest BCUT2D eigenvalue weighted by atomic mass is 10.1. The fourth-order valence-electron chi connectivity index (χ4n) is 3.47. The van der Waals surface area contributed by atoms with Crippen molar-refractivity contribution in [3.8, 4) is 5.75 Å². The summed E-state index contributed by atoms with van der Waals surface area (Å²) in [5, 5.41) is 9.66. The summed E-state index contributed by atoms with van der Waals surface area (Å²) < 4.78 is 7.73. The smallest absolute Gasteiger partial charge is 0.341 e. The van der Waals surface area contributed by atoms with Gasteiger partial charge in [0, 0.05) is 32.4 Å². The van der Waals surface area contributed by atoms with E-state index in [-0.39, 0.29) is 5.56 Å². The van der Waals surface area contributed by atoms with E-state index in [1.54, 1.807) is 6.07 Å². The molecule has 1 aromatic heterocycles. The van der Waals surface area contributed by atoms with Crippen LogP contribution in [0.15, 0.2) is 23.1 Å². The van der Waals surface area contributed by atoms with Gasteiger partial charge in [-0.3, -0.25) is 4.79 Å². The molecule has 0 unspecified atom stereocenters. The Balaban J connectivity index is 1.91. The molecule has 0 spiro atoms. The zero-order valence-corrected chi connectivity index (χ0v) is 13.5. The van der Waals surface area contributed by atoms with Gasteiger partial charge in [0.25, 0.3) is 0 Å². The van der Waals surface area contributed by atoms with Gasteiger partial charge in [-0.25, -0.2) is 4.79 Å². The largest absolute Gasteiger partial charge is 0.487 e. The van der Waals surface area contributed by atoms with Crippen molar-refractivity contribution in [1.82, 2.24) is 9.47 Å². The first kappa shape index (κ1) is 15.0. The SMILES string of the molecule is CN1CCN(c2ccc3c(=O)c(C(=O)O)cn4c3c2OCC4)CC1. The van der Waals surface area contributed by atoms with Gasteiger partial charge in [-0.1, -0.05) is 0 Å². The normalized spacial score (nSPS) is 17.8. The van der Waals surface area contributed by atoms with Gasteiger partial charge in [-0.15, -0.1) is 0 Å². The van der Waals surface area contributed by atoms with Crippen molar-refractivity contribution in [2.75, 3.05) is 44.7 Å². The lowest BCUT2D eigenvalue weighted by molar-refractivity contribution is 0.0694. The minimum absolute atomic E-state index is 0.192. The van der Waals surface area contributed by atoms with Crippen molar-refractivity contribution in [3.63, 3.8) is 0 Å². The van der Waals surface area contributed by atoms with Crippen LogP contribution in [0.2, 0.25) is 0 Å². The van der Waals surface area contributed by atoms with E-state index in [1.807, 2.05) is 10.6 Å². The van der Waals surface area contributed by atoms with Gasteiger partial charge >= 0.3 is 5.97 Å². The molecule has 1 fully saturated rings. The van der Waals surface area contributed by atoms with Crippen molar-refractivity contribution >= 4 is 22.6 Å². The number of aromatic nitrogens is 1. The number of anilines is 1. The van der Waals surface area contributed by atoms with Crippen LogP contribution in [0.1, 0.15) is 10.4 Å². The predicted octanol–water partition coefficient (Wildman–Crippen LogP) is 0.844. The van der Waals surface area contributed by atoms with Gasteiger partial charge < -0.3 is 24.2 Å². The fraction of sp³-hybridized carbons (Fsp3) is 0.412. The van der Waals surface area contributed by atoms with Crippen LogP contribution >= 0.6 is 0 Å². The molecule has 4 rings (SSSR count). The summed E-state index contributed by atoms with van der Waals surface area (Å²) in [7, 11) is 2.10. The molecule has 2 aromatic rings. The Morgan fingerprint density at radius 2 is 1.92 bits per heavy atom. The van der Waals surface area contributed by atoms with Gasteiger partial charge in [0.15, 0.2) is 5.75 Å². The molecule has 1 N–H and O–H groups in total. The molecule has 2 aliphatic heterocycles. The molecule has 1 aromatic carbocycles. The lowest BCUT2D eigenvalue weighted by Gasteiger charge is -2.36. The third-order valence-electron chi connectivity index (χ3n) is 4.83. The highest BCUT2D eigenvalue weighted by Crippen LogP contribution is 2.37. The number of carbonyl (C=O) groups is 1. The number of rotatable bonds is 2. The Morgan fingerprint density at radius 1 is 1.17 bits per heavy atom. The number of hydrogen-bond acceptors (Lipinski definition) is 5. The molecule has 0 bridgehead atoms. The quantitative estimate of drug-likeness (QED) is 0.880. The van der Waals surface area contributed by atoms with E-state index in [0.717, 1.165) is 31.9 Å². The second kappa shape index (κ2) is 5.52. The fourth-order valence-corrected chi connectivity index (χ4v) is 3.47. The van der Waals surface area contributed by atoms with E-state index in [4.69, 9.17) is 4.74 Å². The molecule has 0 atom stereocenters. The maximum atomic E-state index is 12.5. The summed E-state index contributed by atoms with van der Waals surface area (Å²) in [6.45, 7) is 4.75. The minimum atomic E-state index is -1.19. The molecule has 0 amide bonds. The minimum Gasteiger partial charge on any atom is -0.487 e. The third-order valence-corrected chi connectivity index (χ3v) is 4.83. The van der Waals surface area contributed by atoms with Crippen LogP contribution < -0.4 is 15.1 Å². The molecule has 0 radical (unpaired) electrons. The monoisotopic (exact) mass is 329 g/mol. The summed E-state index contributed by atoms with van der Waals surface area (Å²) in [6.07, 6.45) is 1.44. The molecule has 1 saturated heterocycles. The molecule has 2 aliphatic rings. The van der Waals surface area contributed by atoms with Crippen molar-refractivity contribution in [2.45, 2.75) is 6.54 Å². The maximum absolute atomic E-state index is 12.5. The summed E-state index contributed by atoms with van der Waals surface area (Å²) in [5.74, 6) is -0.501. The van der Waals surface area contributed by atoms with E-state index in [0.29, 0.717) is 29.8 Å². The highest BCUT2D eigenvalue weighted by Gasteiger charge is 2.25. The number of aromatic carboxylic acids is 1. The highest BCUT2D eigenvalue weighted by molar-refractivity contribution is 5.97. The van der Waals surface area contributed by atoms with E-state index < -0.39 is 11.4 Å². The predicted molar refractivity (Wildman–Crippen MR) is 90.4 cm³/mol. The van der Waals surface area contributed by atoms with Crippen molar-refractivity contribution in [3.05, 3.63) is 34.1 Å². The number of pyridine rings is 1. The molecule has 0 saturated carbocycles. The van der Waals surface area contributed by atoms with Crippen molar-refractivity contribution < 1.29 is 14.6 Å². The Morgan fingerprint density at radius 3 is 2.62 bits per heavy atom. The van der Waals surface area contributed by atoms with E-state index >= 15 is 0 Å². The van der Waals surface area contributed by atoms with Gasteiger partial charge in [0.2, 0.25) is 5.43 Å². The number of nitrogens with zero attached hydrogens (tertiary/aromatic N) is 3. The third kappa shape index (κ3) is 2.24. The van der Waals surface area contributed by atoms with E-state index in [1.165, 1.54) is 6.20 Å². The zero-order chi connectivity index (χ0) is 16.8. The Hall–Kier alpha value is -2.54. The molecule has 24 heavy (non-hydrogen) atoms. The van der Waals surface area contributed by atoms with Gasteiger partial charge in [-0.2, -0.15) is 0 Å². The number of hydrogen-bond donors (Lipinski definition) is 1. The summed E-state index contributed by atoms with van der Waals surface area (Å²) in [5.41, 5.74) is 1.03. The average Bonchev–Trinajstić information content (AvgIpc) is 2.58. The number of carboxylic acids is 1. The van der Waals surface area contributed by atoms with Crippen LogP contribution in [0, 0.1) is 0 Å². The second-order valence-corrected chi connectivity index (χ2v) is 6.32. The first-order valence-corrected chi connectivity index (χ1v) is 8.06. The lowest BCUT2D eigenvalue weighted by Crippen LogP contribution is -2.44. The second-order valence-electron chi connectivity index (χ2n) is 6.32. The molecule has 7 heteroatoms. The zero-order valence-electron chi connectivity index (χ0n) is 13.5. The first-order valence-electron chi connectivity index (χ1n) is 8.06. The van der Waals surface area contributed by atoms with Crippen LogP contribution in [0.3, 0.4) is 0 Å². The Labute approximate surface area is 138 Å². The maximum Gasteiger partial charge on any atom is 0.341 e. The first-order chi connectivity index (χ1) is 11.6. The number of likely N-dealkylation sites (N-methyl/N-ethyl adjacent to an activating group) is 1. The molecule has 126 valence electrons. The Kier molecular flexibility index (Phi) is 3.45. The van der Waals surface area contributed by atoms with E-state index in [2.05, 4.69) is 16.8 Å². The van der Waals surface area contributed by atoms with E-state index in [9.17, 15) is 14.7 Å². The molecular weight excluding hydrogens is 310 g/mol. The van der Waals surface area contributed by atoms with Crippen LogP contribution in [0.5, 0.6) is 5.75 Å². The van der Waals surface area contributed by atoms with Crippen LogP contribution in [-0.2, 0) is 6.54 Å². The van der Waals surface area contributed by atoms with Crippen molar-refractivity contribution in [1.29, 1.82) is 0 Å². The van der Waals surface area contributed by atoms with Crippen molar-refractivity contribution in [2.24, 2.45) is 0 Å². The van der Waals surface area contributed by atoms with Crippen LogP contribution in [0.4, 0.5) is 5.69 Å². The number of benzene rings is 1. The molecule has 3 heterocycles. The summed E-state index contributed by atoms with van der Waals surface area (Å²) in [6, 6.07) is 3.61. The number of ether oxygens (including phenoxy) is 1. The topological polar surface area (TPSA) is 75.0 Å². The average molecular weight is 329 g/mol. The van der Waals surface area contributed by atoms with Gasteiger partial charge in [0.1, 0.15) is 12.2 Å². The molecule has 0 aliphatic carbocycles. The van der Waals surface area contributed by atoms with Gasteiger partial charge in [-0.05, 0) is 19.2 Å². The van der Waals surface area contributed by atoms with Crippen LogP contribution in [0.25, 0.3) is 10.9 Å². The van der Waals surface area contributed by atoms with Crippen LogP contribution in [-0.4, -0.2) is 60.4 Å². The number of piperazine rings is 1. The van der Waals surface area contributed by atoms with Gasteiger partial charge in [0.05, 0.1) is 23.1 Å². The highest BCUT2D eigenvalue weighted by atomic mass is 16.5. The Bertz CT molecular complexity index is 882. The number of carboxylic acid groups (broad SMARTS) is 1. The summed E-state index contributed by atoms with van der Waals surface area (Å²) in [4.78, 5) is 28.3.